The van der Waals surface area contributed by atoms with E-state index < -0.39 is 0 Å². The third-order valence-corrected chi connectivity index (χ3v) is 25.1. The van der Waals surface area contributed by atoms with Crippen LogP contribution in [0.1, 0.15) is 403 Å². The molecule has 0 saturated heterocycles. The molecule has 0 saturated carbocycles. The largest absolute Gasteiger partial charge is 0.255 e. The number of hydrogen-bond acceptors (Lipinski definition) is 12. The normalized spacial score (nSPS) is 12.2. The van der Waals surface area contributed by atoms with Crippen LogP contribution in [0.2, 0.25) is 0 Å². The van der Waals surface area contributed by atoms with Crippen LogP contribution in [0.15, 0.2) is 108 Å². The highest BCUT2D eigenvalue weighted by Gasteiger charge is 2.31. The number of aromatic nitrogens is 12. The molecule has 13 aromatic rings. The Morgan fingerprint density at radius 3 is 0.535 bits per heavy atom. The standard InChI is InChI=1S/C117H144N12/c1-58(2)37-76-97(67(19)20)85-46-118-106-79(40-61(7)8)103(73(31)32)81(42-63(11)12)108-91(106)52-127-115-94-55-124-112(85)86(98(76)68(21)22)47-119-107-80(41-62(9)10)104(74(33)34)82(43-64(13)14)109-92(107)53-128-116(94)96-57-126-114-88(49-121-109)100(70(25)26)78(39-60(5)6)102(72(29)30)90(114)51-123-111-84(45-66(17)18)105(75(35)36)83(44-65(15)16)110-93(111)54-129-117(96)95(115)56-125-113-87(48-120-108)99(69(23)24)77(38-59(3)4)101(71(27)28)89(113)50-122-110/h37-38,40-41,43-44,46-57,60,63,66-75H,39,42,45H2,1-36H3. The van der Waals surface area contributed by atoms with Crippen molar-refractivity contribution in [2.75, 3.05) is 0 Å². The third-order valence-electron chi connectivity index (χ3n) is 25.1. The molecule has 0 aliphatic carbocycles. The molecular formula is C117H144N12. The van der Waals surface area contributed by atoms with Crippen molar-refractivity contribution >= 4 is 167 Å². The molecule has 0 spiro atoms. The van der Waals surface area contributed by atoms with Crippen LogP contribution in [0.3, 0.4) is 0 Å². The number of fused-ring (bicyclic) bond motifs is 6. The maximum Gasteiger partial charge on any atom is 0.0849 e. The van der Waals surface area contributed by atoms with Gasteiger partial charge >= 0.3 is 0 Å². The van der Waals surface area contributed by atoms with E-state index in [1.165, 1.54) is 39.0 Å². The van der Waals surface area contributed by atoms with Crippen LogP contribution in [0, 0.1) is 17.8 Å². The number of hydrogen-bond donors (Lipinski definition) is 0. The Morgan fingerprint density at radius 2 is 0.326 bits per heavy atom. The molecule has 0 atom stereocenters. The van der Waals surface area contributed by atoms with Gasteiger partial charge in [-0.15, -0.1) is 0 Å². The first kappa shape index (κ1) is 95.6. The number of nitrogens with zero attached hydrogens (tertiary/aromatic N) is 12. The monoisotopic (exact) mass is 1720 g/mol. The Morgan fingerprint density at radius 1 is 0.171 bits per heavy atom. The third kappa shape index (κ3) is 18.5. The van der Waals surface area contributed by atoms with Gasteiger partial charge in [0.15, 0.2) is 0 Å². The molecular weight excluding hydrogens is 1570 g/mol. The summed E-state index contributed by atoms with van der Waals surface area (Å²) in [6.45, 7) is 82.5. The van der Waals surface area contributed by atoms with E-state index in [0.717, 1.165) is 194 Å². The van der Waals surface area contributed by atoms with Crippen molar-refractivity contribution in [1.29, 1.82) is 0 Å². The van der Waals surface area contributed by atoms with Gasteiger partial charge in [-0.25, -0.2) is 0 Å². The summed E-state index contributed by atoms with van der Waals surface area (Å²) in [5.41, 5.74) is 35.5. The lowest BCUT2D eigenvalue weighted by molar-refractivity contribution is 0.631. The Kier molecular flexibility index (Phi) is 28.6. The van der Waals surface area contributed by atoms with Gasteiger partial charge in [-0.2, -0.15) is 0 Å². The van der Waals surface area contributed by atoms with Crippen LogP contribution in [0.25, 0.3) is 167 Å². The molecule has 0 aliphatic rings. The van der Waals surface area contributed by atoms with E-state index in [-0.39, 0.29) is 71.0 Å². The van der Waals surface area contributed by atoms with Gasteiger partial charge in [0.1, 0.15) is 0 Å². The fourth-order valence-corrected chi connectivity index (χ4v) is 20.8. The van der Waals surface area contributed by atoms with Crippen molar-refractivity contribution in [1.82, 2.24) is 59.8 Å². The minimum Gasteiger partial charge on any atom is -0.255 e. The van der Waals surface area contributed by atoms with Crippen LogP contribution in [-0.2, 0) is 19.3 Å². The highest BCUT2D eigenvalue weighted by molar-refractivity contribution is 6.22. The lowest BCUT2D eigenvalue weighted by Gasteiger charge is -2.24. The molecule has 0 amide bonds. The predicted molar refractivity (Wildman–Crippen MR) is 561 cm³/mol. The van der Waals surface area contributed by atoms with Gasteiger partial charge in [0.2, 0.25) is 0 Å². The minimum absolute atomic E-state index is 0.00120. The Bertz CT molecular complexity index is 7140. The zero-order valence-corrected chi connectivity index (χ0v) is 84.8. The lowest BCUT2D eigenvalue weighted by Crippen LogP contribution is -2.09. The van der Waals surface area contributed by atoms with Crippen LogP contribution in [-0.4, -0.2) is 59.8 Å². The predicted octanol–water partition coefficient (Wildman–Crippen LogP) is 33.9. The molecule has 12 nitrogen and oxygen atoms in total. The minimum atomic E-state index is -0.0441. The van der Waals surface area contributed by atoms with Crippen LogP contribution >= 0.6 is 0 Å². The summed E-state index contributed by atoms with van der Waals surface area (Å²) in [4.78, 5) is 74.8. The quantitative estimate of drug-likeness (QED) is 0.0672. The zero-order chi connectivity index (χ0) is 94.0. The molecule has 129 heavy (non-hydrogen) atoms. The average Bonchev–Trinajstić information content (AvgIpc) is 0.723. The second-order valence-corrected chi connectivity index (χ2v) is 42.4. The van der Waals surface area contributed by atoms with Crippen molar-refractivity contribution in [2.45, 2.75) is 322 Å². The first-order valence-corrected chi connectivity index (χ1v) is 47.9. The molecule has 13 rings (SSSR count). The Labute approximate surface area is 769 Å². The van der Waals surface area contributed by atoms with E-state index in [4.69, 9.17) is 59.8 Å². The van der Waals surface area contributed by atoms with Crippen molar-refractivity contribution in [2.24, 2.45) is 17.8 Å². The maximum absolute atomic E-state index is 6.28. The second kappa shape index (κ2) is 38.6. The maximum atomic E-state index is 6.28. The van der Waals surface area contributed by atoms with Gasteiger partial charge in [-0.05, 0) is 251 Å². The molecule has 12 heteroatoms. The summed E-state index contributed by atoms with van der Waals surface area (Å²) in [6, 6.07) is 0. The molecule has 672 valence electrons. The number of benzene rings is 7. The first-order valence-electron chi connectivity index (χ1n) is 47.9. The summed E-state index contributed by atoms with van der Waals surface area (Å²) in [6.07, 6.45) is 41.7. The number of allylic oxidation sites excluding steroid dienone is 6. The van der Waals surface area contributed by atoms with E-state index in [9.17, 15) is 0 Å². The molecule has 6 heterocycles. The van der Waals surface area contributed by atoms with Crippen molar-refractivity contribution in [3.05, 3.63) is 208 Å². The van der Waals surface area contributed by atoms with Crippen molar-refractivity contribution in [3.63, 3.8) is 0 Å². The highest BCUT2D eigenvalue weighted by Crippen LogP contribution is 2.48. The molecule has 7 aromatic carbocycles. The van der Waals surface area contributed by atoms with Crippen molar-refractivity contribution in [3.8, 4) is 0 Å². The van der Waals surface area contributed by atoms with Gasteiger partial charge in [-0.1, -0.05) is 236 Å². The van der Waals surface area contributed by atoms with Crippen LogP contribution in [0.5, 0.6) is 0 Å². The van der Waals surface area contributed by atoms with Crippen LogP contribution < -0.4 is 0 Å². The van der Waals surface area contributed by atoms with Crippen molar-refractivity contribution < 1.29 is 0 Å². The summed E-state index contributed by atoms with van der Waals surface area (Å²) in [5.74, 6) is 0.521. The van der Waals surface area contributed by atoms with E-state index in [1.807, 2.05) is 6.20 Å². The number of rotatable bonds is 21. The summed E-state index contributed by atoms with van der Waals surface area (Å²) in [7, 11) is 0. The Balaban J connectivity index is 1.69. The Hall–Kier alpha value is -11.0. The van der Waals surface area contributed by atoms with E-state index >= 15 is 0 Å². The van der Waals surface area contributed by atoms with E-state index in [1.54, 1.807) is 0 Å². The van der Waals surface area contributed by atoms with Gasteiger partial charge in [0, 0.05) is 161 Å². The molecule has 0 unspecified atom stereocenters. The molecule has 6 aromatic heterocycles. The SMILES string of the molecule is CC(C)=Cc1c(C(C)C)c2cnc3c(C=C(C)C)c(C(C)C)c(C=C(C)C)c4ncc5c(C(C)C)c(CC(C)C)c(C(C)C)c6cnc7c(CC(C)C)c(C(C)C)c(C=C(C)C)c8ncc9c(C(C)C)c(C=C(C)C)c(C(C)C)c%10cnc%11c(CC(C)C)c(C(C)C)c(C=C(C)C)c%12ncc(c1C(C)C)c2ncc1c(ncc%12%11)c(cnc9%10)c(ncc87)c(cnc56)c1ncc34. The van der Waals surface area contributed by atoms with Crippen LogP contribution in [0.4, 0.5) is 0 Å². The van der Waals surface area contributed by atoms with E-state index in [2.05, 4.69) is 354 Å². The van der Waals surface area contributed by atoms with E-state index in [0.29, 0.717) is 51.1 Å². The zero-order valence-electron chi connectivity index (χ0n) is 84.8. The first-order chi connectivity index (χ1) is 60.9. The highest BCUT2D eigenvalue weighted by atomic mass is 14.8. The topological polar surface area (TPSA) is 155 Å². The molecule has 0 radical (unpaired) electrons. The average molecular weight is 1720 g/mol. The molecule has 12 bridgehead atoms. The van der Waals surface area contributed by atoms with Gasteiger partial charge in [-0.3, -0.25) is 59.8 Å². The fraction of sp³-hybridized carbons (Fsp3) is 0.436. The summed E-state index contributed by atoms with van der Waals surface area (Å²) in [5, 5.41) is 9.50. The molecule has 0 aliphatic heterocycles. The summed E-state index contributed by atoms with van der Waals surface area (Å²) >= 11 is 0. The molecule has 0 fully saturated rings. The van der Waals surface area contributed by atoms with Gasteiger partial charge < -0.3 is 0 Å². The van der Waals surface area contributed by atoms with Gasteiger partial charge in [0.25, 0.3) is 0 Å². The van der Waals surface area contributed by atoms with Gasteiger partial charge in [0.05, 0.1) is 66.2 Å². The fourth-order valence-electron chi connectivity index (χ4n) is 20.8. The summed E-state index contributed by atoms with van der Waals surface area (Å²) < 4.78 is 0. The second-order valence-electron chi connectivity index (χ2n) is 42.4. The lowest BCUT2D eigenvalue weighted by atomic mass is 9.81. The molecule has 0 N–H and O–H groups in total. The smallest absolute Gasteiger partial charge is 0.0849 e.